The van der Waals surface area contributed by atoms with Gasteiger partial charge in [-0.1, -0.05) is 0 Å². The molecule has 0 unspecified atom stereocenters. The van der Waals surface area contributed by atoms with Gasteiger partial charge in [-0.3, -0.25) is 10.1 Å². The molecule has 10 heteroatoms. The lowest BCUT2D eigenvalue weighted by Gasteiger charge is -2.24. The van der Waals surface area contributed by atoms with Crippen LogP contribution in [0.4, 0.5) is 30.5 Å². The third-order valence-electron chi connectivity index (χ3n) is 2.35. The number of aliphatic hydroxyl groups excluding tert-OH is 1. The molecule has 7 nitrogen and oxygen atoms in total. The van der Waals surface area contributed by atoms with E-state index >= 15 is 0 Å². The van der Waals surface area contributed by atoms with Gasteiger partial charge in [-0.15, -0.1) is 0 Å². The molecule has 0 saturated heterocycles. The maximum Gasteiger partial charge on any atom is 0.405 e. The van der Waals surface area contributed by atoms with Gasteiger partial charge in [0.1, 0.15) is 12.4 Å². The fourth-order valence-corrected chi connectivity index (χ4v) is 1.55. The molecule has 0 bridgehead atoms. The van der Waals surface area contributed by atoms with E-state index in [0.29, 0.717) is 4.90 Å². The first-order chi connectivity index (χ1) is 9.28. The molecular weight excluding hydrogens is 281 g/mol. The molecule has 0 aliphatic carbocycles. The summed E-state index contributed by atoms with van der Waals surface area (Å²) in [6.07, 6.45) is -4.57. The third kappa shape index (κ3) is 4.23. The topological polar surface area (TPSA) is 91.5 Å². The summed E-state index contributed by atoms with van der Waals surface area (Å²) in [4.78, 5) is 14.5. The second kappa shape index (κ2) is 6.37. The predicted octanol–water partition coefficient (Wildman–Crippen LogP) is 1.39. The van der Waals surface area contributed by atoms with Gasteiger partial charge in [0.05, 0.1) is 11.5 Å². The van der Waals surface area contributed by atoms with Gasteiger partial charge >= 0.3 is 11.9 Å². The van der Waals surface area contributed by atoms with Crippen LogP contribution in [0, 0.1) is 10.1 Å². The van der Waals surface area contributed by atoms with E-state index in [2.05, 4.69) is 10.3 Å². The average Bonchev–Trinajstić information content (AvgIpc) is 2.35. The first-order valence-corrected chi connectivity index (χ1v) is 5.54. The lowest BCUT2D eigenvalue weighted by Crippen LogP contribution is -2.37. The number of nitrogens with zero attached hydrogens (tertiary/aromatic N) is 3. The van der Waals surface area contributed by atoms with E-state index < -0.39 is 42.3 Å². The standard InChI is InChI=1S/C10H13F3N4O3/c1-14-8-3-2-7(17(19)20)9(15-8)16(4-5-18)6-10(11,12)13/h2-3,18H,4-6H2,1H3,(H,14,15). The molecule has 0 radical (unpaired) electrons. The Balaban J connectivity index is 3.25. The van der Waals surface area contributed by atoms with Crippen molar-refractivity contribution in [3.63, 3.8) is 0 Å². The molecule has 1 heterocycles. The highest BCUT2D eigenvalue weighted by molar-refractivity contribution is 5.61. The van der Waals surface area contributed by atoms with Crippen LogP contribution in [0.3, 0.4) is 0 Å². The van der Waals surface area contributed by atoms with E-state index in [-0.39, 0.29) is 5.82 Å². The van der Waals surface area contributed by atoms with Crippen molar-refractivity contribution >= 4 is 17.3 Å². The van der Waals surface area contributed by atoms with Crippen LogP contribution in [0.2, 0.25) is 0 Å². The summed E-state index contributed by atoms with van der Waals surface area (Å²) in [6.45, 7) is -2.44. The number of aromatic nitrogens is 1. The van der Waals surface area contributed by atoms with Crippen LogP contribution >= 0.6 is 0 Å². The summed E-state index contributed by atoms with van der Waals surface area (Å²) in [5, 5.41) is 22.3. The quantitative estimate of drug-likeness (QED) is 0.608. The number of alkyl halides is 3. The van der Waals surface area contributed by atoms with E-state index in [9.17, 15) is 23.3 Å². The van der Waals surface area contributed by atoms with E-state index in [4.69, 9.17) is 5.11 Å². The van der Waals surface area contributed by atoms with Crippen molar-refractivity contribution in [2.75, 3.05) is 37.0 Å². The Morgan fingerprint density at radius 2 is 2.15 bits per heavy atom. The first-order valence-electron chi connectivity index (χ1n) is 5.54. The zero-order valence-electron chi connectivity index (χ0n) is 10.5. The summed E-state index contributed by atoms with van der Waals surface area (Å²) < 4.78 is 37.5. The number of nitrogens with one attached hydrogen (secondary N) is 1. The van der Waals surface area contributed by atoms with Gasteiger partial charge in [0.2, 0.25) is 5.82 Å². The Morgan fingerprint density at radius 3 is 2.60 bits per heavy atom. The molecule has 1 aromatic heterocycles. The highest BCUT2D eigenvalue weighted by Crippen LogP contribution is 2.29. The number of pyridine rings is 1. The van der Waals surface area contributed by atoms with Crippen LogP contribution in [-0.4, -0.2) is 47.9 Å². The first kappa shape index (κ1) is 16.0. The molecule has 0 atom stereocenters. The number of halogens is 3. The summed E-state index contributed by atoms with van der Waals surface area (Å²) in [7, 11) is 1.48. The number of nitro groups is 1. The average molecular weight is 294 g/mol. The van der Waals surface area contributed by atoms with Gasteiger partial charge in [-0.05, 0) is 6.07 Å². The number of hydrogen-bond acceptors (Lipinski definition) is 6. The van der Waals surface area contributed by atoms with Gasteiger partial charge in [-0.25, -0.2) is 4.98 Å². The molecule has 0 spiro atoms. The monoisotopic (exact) mass is 294 g/mol. The molecule has 0 fully saturated rings. The number of hydrogen-bond donors (Lipinski definition) is 2. The zero-order chi connectivity index (χ0) is 15.3. The molecule has 0 aliphatic rings. The largest absolute Gasteiger partial charge is 0.405 e. The highest BCUT2D eigenvalue weighted by atomic mass is 19.4. The van der Waals surface area contributed by atoms with Crippen molar-refractivity contribution in [2.45, 2.75) is 6.18 Å². The molecule has 0 amide bonds. The minimum Gasteiger partial charge on any atom is -0.395 e. The second-order valence-electron chi connectivity index (χ2n) is 3.81. The molecule has 0 saturated carbocycles. The van der Waals surface area contributed by atoms with Crippen molar-refractivity contribution in [3.05, 3.63) is 22.2 Å². The normalized spacial score (nSPS) is 11.2. The van der Waals surface area contributed by atoms with Crippen LogP contribution < -0.4 is 10.2 Å². The Kier molecular flexibility index (Phi) is 5.08. The Hall–Kier alpha value is -2.10. The Labute approximate surface area is 112 Å². The summed E-state index contributed by atoms with van der Waals surface area (Å²) in [5.41, 5.74) is -0.554. The summed E-state index contributed by atoms with van der Waals surface area (Å²) in [6, 6.07) is 2.35. The van der Waals surface area contributed by atoms with Crippen LogP contribution in [0.25, 0.3) is 0 Å². The smallest absolute Gasteiger partial charge is 0.395 e. The maximum atomic E-state index is 12.5. The van der Waals surface area contributed by atoms with Crippen molar-refractivity contribution in [3.8, 4) is 0 Å². The number of rotatable bonds is 6. The molecule has 1 aromatic rings. The lowest BCUT2D eigenvalue weighted by molar-refractivity contribution is -0.384. The lowest BCUT2D eigenvalue weighted by atomic mass is 10.3. The fraction of sp³-hybridized carbons (Fsp3) is 0.500. The van der Waals surface area contributed by atoms with Crippen molar-refractivity contribution in [1.82, 2.24) is 4.98 Å². The van der Waals surface area contributed by atoms with Crippen LogP contribution in [0.5, 0.6) is 0 Å². The zero-order valence-corrected chi connectivity index (χ0v) is 10.5. The van der Waals surface area contributed by atoms with Gasteiger partial charge in [0.25, 0.3) is 0 Å². The fourth-order valence-electron chi connectivity index (χ4n) is 1.55. The number of anilines is 2. The van der Waals surface area contributed by atoms with E-state index in [0.717, 1.165) is 6.07 Å². The van der Waals surface area contributed by atoms with E-state index in [1.54, 1.807) is 0 Å². The third-order valence-corrected chi connectivity index (χ3v) is 2.35. The summed E-state index contributed by atoms with van der Waals surface area (Å²) >= 11 is 0. The van der Waals surface area contributed by atoms with E-state index in [1.165, 1.54) is 13.1 Å². The predicted molar refractivity (Wildman–Crippen MR) is 65.8 cm³/mol. The minimum absolute atomic E-state index is 0.190. The van der Waals surface area contributed by atoms with Gasteiger partial charge in [0.15, 0.2) is 0 Å². The molecule has 2 N–H and O–H groups in total. The van der Waals surface area contributed by atoms with Crippen molar-refractivity contribution < 1.29 is 23.2 Å². The SMILES string of the molecule is CNc1ccc([N+](=O)[O-])c(N(CCO)CC(F)(F)F)n1. The summed E-state index contributed by atoms with van der Waals surface area (Å²) in [5.74, 6) is -0.246. The molecular formula is C10H13F3N4O3. The van der Waals surface area contributed by atoms with E-state index in [1.807, 2.05) is 0 Å². The van der Waals surface area contributed by atoms with Crippen molar-refractivity contribution in [2.24, 2.45) is 0 Å². The molecule has 0 aliphatic heterocycles. The van der Waals surface area contributed by atoms with Crippen LogP contribution in [0.1, 0.15) is 0 Å². The highest BCUT2D eigenvalue weighted by Gasteiger charge is 2.34. The molecule has 20 heavy (non-hydrogen) atoms. The van der Waals surface area contributed by atoms with Crippen molar-refractivity contribution in [1.29, 1.82) is 0 Å². The maximum absolute atomic E-state index is 12.5. The minimum atomic E-state index is -4.57. The van der Waals surface area contributed by atoms with Gasteiger partial charge in [0, 0.05) is 19.7 Å². The Morgan fingerprint density at radius 1 is 1.50 bits per heavy atom. The molecule has 112 valence electrons. The van der Waals surface area contributed by atoms with Gasteiger partial charge in [-0.2, -0.15) is 13.2 Å². The van der Waals surface area contributed by atoms with Crippen LogP contribution in [0.15, 0.2) is 12.1 Å². The van der Waals surface area contributed by atoms with Crippen LogP contribution in [-0.2, 0) is 0 Å². The Bertz CT molecular complexity index is 481. The second-order valence-corrected chi connectivity index (χ2v) is 3.81. The molecule has 1 rings (SSSR count). The van der Waals surface area contributed by atoms with Gasteiger partial charge < -0.3 is 15.3 Å². The molecule has 0 aromatic carbocycles. The number of aliphatic hydroxyl groups is 1.